The maximum atomic E-state index is 11.8. The second-order valence-corrected chi connectivity index (χ2v) is 6.61. The Hall–Kier alpha value is -0.920. The van der Waals surface area contributed by atoms with Gasteiger partial charge in [0.1, 0.15) is 0 Å². The minimum Gasteiger partial charge on any atom is -0.481 e. The van der Waals surface area contributed by atoms with E-state index >= 15 is 0 Å². The Balaban J connectivity index is 2.50. The molecule has 0 aromatic carbocycles. The monoisotopic (exact) mass is 290 g/mol. The number of likely N-dealkylation sites (tertiary alicyclic amines) is 1. The predicted molar refractivity (Wildman–Crippen MR) is 73.2 cm³/mol. The zero-order chi connectivity index (χ0) is 14.5. The molecule has 1 fully saturated rings. The summed E-state index contributed by atoms with van der Waals surface area (Å²) < 4.78 is 24.9. The van der Waals surface area contributed by atoms with Crippen molar-refractivity contribution in [2.24, 2.45) is 5.92 Å². The lowest BCUT2D eigenvalue weighted by atomic mass is 10.1. The second-order valence-electron chi connectivity index (χ2n) is 4.74. The van der Waals surface area contributed by atoms with Gasteiger partial charge in [0.2, 0.25) is 10.0 Å². The fourth-order valence-electron chi connectivity index (χ4n) is 2.21. The lowest BCUT2D eigenvalue weighted by Gasteiger charge is -2.23. The van der Waals surface area contributed by atoms with Crippen molar-refractivity contribution < 1.29 is 18.3 Å². The number of hydrogen-bond donors (Lipinski definition) is 1. The Kier molecular flexibility index (Phi) is 5.96. The number of aliphatic carboxylic acids is 1. The maximum Gasteiger partial charge on any atom is 0.307 e. The average Bonchev–Trinajstić information content (AvgIpc) is 2.83. The molecule has 0 radical (unpaired) electrons. The third-order valence-corrected chi connectivity index (χ3v) is 4.84. The summed E-state index contributed by atoms with van der Waals surface area (Å²) in [5, 5.41) is 9.88. The Labute approximate surface area is 114 Å². The normalized spacial score (nSPS) is 20.8. The van der Waals surface area contributed by atoms with Crippen molar-refractivity contribution in [3.63, 3.8) is 0 Å². The van der Waals surface area contributed by atoms with Crippen LogP contribution in [0.5, 0.6) is 0 Å². The van der Waals surface area contributed by atoms with Crippen LogP contribution in [-0.4, -0.2) is 61.4 Å². The lowest BCUT2D eigenvalue weighted by Crippen LogP contribution is -2.37. The largest absolute Gasteiger partial charge is 0.481 e. The fourth-order valence-corrected chi connectivity index (χ4v) is 3.20. The van der Waals surface area contributed by atoms with Crippen molar-refractivity contribution in [3.8, 4) is 0 Å². The van der Waals surface area contributed by atoms with Crippen molar-refractivity contribution in [2.45, 2.75) is 19.8 Å². The number of carboxylic acid groups (broad SMARTS) is 1. The lowest BCUT2D eigenvalue weighted by molar-refractivity contribution is -0.141. The standard InChI is InChI=1S/C12H22N2O4S/c1-3-6-14(19(17,18)4-2)9-8-13-7-5-11(10-13)12(15)16/h4,11H,2-3,5-10H2,1H3,(H,15,16). The first-order valence-corrected chi connectivity index (χ1v) is 7.98. The Morgan fingerprint density at radius 2 is 2.21 bits per heavy atom. The summed E-state index contributed by atoms with van der Waals surface area (Å²) in [4.78, 5) is 12.8. The first-order chi connectivity index (χ1) is 8.90. The second kappa shape index (κ2) is 7.02. The van der Waals surface area contributed by atoms with Crippen LogP contribution in [0.1, 0.15) is 19.8 Å². The predicted octanol–water partition coefficient (Wildman–Crippen LogP) is 0.578. The minimum atomic E-state index is -3.39. The third kappa shape index (κ3) is 4.59. The van der Waals surface area contributed by atoms with E-state index < -0.39 is 16.0 Å². The van der Waals surface area contributed by atoms with E-state index in [2.05, 4.69) is 6.58 Å². The van der Waals surface area contributed by atoms with Crippen molar-refractivity contribution in [3.05, 3.63) is 12.0 Å². The van der Waals surface area contributed by atoms with Crippen LogP contribution in [0.2, 0.25) is 0 Å². The molecule has 0 spiro atoms. The summed E-state index contributed by atoms with van der Waals surface area (Å²) in [6.07, 6.45) is 1.38. The van der Waals surface area contributed by atoms with Crippen LogP contribution in [0.15, 0.2) is 12.0 Å². The summed E-state index contributed by atoms with van der Waals surface area (Å²) in [7, 11) is -3.39. The van der Waals surface area contributed by atoms with E-state index in [-0.39, 0.29) is 5.92 Å². The summed E-state index contributed by atoms with van der Waals surface area (Å²) in [6.45, 7) is 7.88. The van der Waals surface area contributed by atoms with Crippen molar-refractivity contribution in [1.82, 2.24) is 9.21 Å². The van der Waals surface area contributed by atoms with Gasteiger partial charge in [0.25, 0.3) is 0 Å². The van der Waals surface area contributed by atoms with Crippen molar-refractivity contribution >= 4 is 16.0 Å². The minimum absolute atomic E-state index is 0.323. The summed E-state index contributed by atoms with van der Waals surface area (Å²) in [5.41, 5.74) is 0. The molecule has 0 bridgehead atoms. The van der Waals surface area contributed by atoms with Gasteiger partial charge >= 0.3 is 5.97 Å². The first kappa shape index (κ1) is 16.1. The van der Waals surface area contributed by atoms with Gasteiger partial charge in [0.05, 0.1) is 5.92 Å². The molecule has 1 saturated heterocycles. The molecule has 0 amide bonds. The highest BCUT2D eigenvalue weighted by molar-refractivity contribution is 7.92. The highest BCUT2D eigenvalue weighted by atomic mass is 32.2. The van der Waals surface area contributed by atoms with Crippen LogP contribution in [0, 0.1) is 5.92 Å². The smallest absolute Gasteiger partial charge is 0.307 e. The van der Waals surface area contributed by atoms with Crippen molar-refractivity contribution in [1.29, 1.82) is 0 Å². The van der Waals surface area contributed by atoms with E-state index in [0.717, 1.165) is 11.8 Å². The third-order valence-electron chi connectivity index (χ3n) is 3.33. The van der Waals surface area contributed by atoms with E-state index in [1.165, 1.54) is 4.31 Å². The molecular weight excluding hydrogens is 268 g/mol. The summed E-state index contributed by atoms with van der Waals surface area (Å²) in [6, 6.07) is 0. The van der Waals surface area contributed by atoms with Gasteiger partial charge in [-0.2, -0.15) is 4.31 Å². The molecule has 110 valence electrons. The fraction of sp³-hybridized carbons (Fsp3) is 0.750. The molecule has 6 nitrogen and oxygen atoms in total. The Morgan fingerprint density at radius 1 is 1.53 bits per heavy atom. The van der Waals surface area contributed by atoms with E-state index in [1.54, 1.807) is 0 Å². The average molecular weight is 290 g/mol. The molecule has 1 N–H and O–H groups in total. The van der Waals surface area contributed by atoms with Gasteiger partial charge in [-0.15, -0.1) is 0 Å². The molecule has 1 aliphatic heterocycles. The number of rotatable bonds is 8. The highest BCUT2D eigenvalue weighted by Gasteiger charge is 2.28. The van der Waals surface area contributed by atoms with Gasteiger partial charge < -0.3 is 10.0 Å². The van der Waals surface area contributed by atoms with Crippen LogP contribution in [0.4, 0.5) is 0 Å². The SMILES string of the molecule is C=CS(=O)(=O)N(CCC)CCN1CCC(C(=O)O)C1. The summed E-state index contributed by atoms with van der Waals surface area (Å²) in [5.74, 6) is -1.10. The molecule has 1 unspecified atom stereocenters. The highest BCUT2D eigenvalue weighted by Crippen LogP contribution is 2.16. The Bertz CT molecular complexity index is 421. The number of nitrogens with zero attached hydrogens (tertiary/aromatic N) is 2. The molecule has 0 aliphatic carbocycles. The van der Waals surface area contributed by atoms with E-state index in [9.17, 15) is 13.2 Å². The molecule has 19 heavy (non-hydrogen) atoms. The van der Waals surface area contributed by atoms with Gasteiger partial charge in [-0.3, -0.25) is 4.79 Å². The van der Waals surface area contributed by atoms with Crippen LogP contribution in [0.3, 0.4) is 0 Å². The Morgan fingerprint density at radius 3 is 2.68 bits per heavy atom. The molecule has 0 aromatic rings. The molecule has 0 aromatic heterocycles. The van der Waals surface area contributed by atoms with Crippen LogP contribution < -0.4 is 0 Å². The molecule has 1 aliphatic rings. The summed E-state index contributed by atoms with van der Waals surface area (Å²) >= 11 is 0. The molecule has 0 saturated carbocycles. The zero-order valence-corrected chi connectivity index (χ0v) is 12.1. The van der Waals surface area contributed by atoms with Gasteiger partial charge in [0, 0.05) is 31.6 Å². The molecule has 1 heterocycles. The van der Waals surface area contributed by atoms with E-state index in [1.807, 2.05) is 11.8 Å². The topological polar surface area (TPSA) is 77.9 Å². The molecular formula is C12H22N2O4S. The van der Waals surface area contributed by atoms with Gasteiger partial charge in [-0.1, -0.05) is 13.5 Å². The van der Waals surface area contributed by atoms with Crippen LogP contribution in [-0.2, 0) is 14.8 Å². The van der Waals surface area contributed by atoms with Crippen LogP contribution >= 0.6 is 0 Å². The number of carboxylic acids is 1. The number of hydrogen-bond acceptors (Lipinski definition) is 4. The van der Waals surface area contributed by atoms with Gasteiger partial charge in [-0.05, 0) is 19.4 Å². The van der Waals surface area contributed by atoms with E-state index in [4.69, 9.17) is 5.11 Å². The number of carbonyl (C=O) groups is 1. The zero-order valence-electron chi connectivity index (χ0n) is 11.3. The molecule has 1 atom stereocenters. The quantitative estimate of drug-likeness (QED) is 0.707. The van der Waals surface area contributed by atoms with Crippen LogP contribution in [0.25, 0.3) is 0 Å². The maximum absolute atomic E-state index is 11.8. The number of sulfonamides is 1. The van der Waals surface area contributed by atoms with Gasteiger partial charge in [-0.25, -0.2) is 8.42 Å². The molecule has 1 rings (SSSR count). The van der Waals surface area contributed by atoms with E-state index in [0.29, 0.717) is 39.1 Å². The van der Waals surface area contributed by atoms with Gasteiger partial charge in [0.15, 0.2) is 0 Å². The van der Waals surface area contributed by atoms with Crippen molar-refractivity contribution in [2.75, 3.05) is 32.7 Å². The molecule has 7 heteroatoms. The first-order valence-electron chi connectivity index (χ1n) is 6.48.